The lowest BCUT2D eigenvalue weighted by Crippen LogP contribution is -2.09. The zero-order valence-electron chi connectivity index (χ0n) is 24.0. The van der Waals surface area contributed by atoms with Crippen molar-refractivity contribution in [1.82, 2.24) is 4.40 Å². The summed E-state index contributed by atoms with van der Waals surface area (Å²) in [4.78, 5) is 2.22. The highest BCUT2D eigenvalue weighted by atomic mass is 15.1. The fourth-order valence-corrected chi connectivity index (χ4v) is 6.53. The lowest BCUT2D eigenvalue weighted by molar-refractivity contribution is 1.22. The summed E-state index contributed by atoms with van der Waals surface area (Å²) in [5.41, 5.74) is 8.87. The first-order chi connectivity index (χ1) is 21.3. The summed E-state index contributed by atoms with van der Waals surface area (Å²) in [5, 5.41) is 7.89. The van der Waals surface area contributed by atoms with E-state index < -0.39 is 0 Å². The molecule has 2 nitrogen and oxygen atoms in total. The highest BCUT2D eigenvalue weighted by Gasteiger charge is 2.17. The van der Waals surface area contributed by atoms with Crippen LogP contribution in [0.15, 0.2) is 164 Å². The van der Waals surface area contributed by atoms with Crippen LogP contribution in [0.25, 0.3) is 60.0 Å². The van der Waals surface area contributed by atoms with Gasteiger partial charge in [0.2, 0.25) is 0 Å². The van der Waals surface area contributed by atoms with Crippen LogP contribution in [0.2, 0.25) is 0 Å². The molecule has 204 valence electrons. The van der Waals surface area contributed by atoms with Gasteiger partial charge in [-0.15, -0.1) is 0 Å². The Morgan fingerprint density at radius 1 is 0.419 bits per heavy atom. The topological polar surface area (TPSA) is 7.65 Å². The van der Waals surface area contributed by atoms with Crippen molar-refractivity contribution in [3.63, 3.8) is 0 Å². The number of hydrogen-bond acceptors (Lipinski definition) is 1. The summed E-state index contributed by atoms with van der Waals surface area (Å²) in [6.45, 7) is 0. The van der Waals surface area contributed by atoms with Gasteiger partial charge in [-0.1, -0.05) is 133 Å². The van der Waals surface area contributed by atoms with E-state index in [1.165, 1.54) is 71.4 Å². The molecule has 9 aromatic rings. The van der Waals surface area contributed by atoms with Gasteiger partial charge in [0.1, 0.15) is 0 Å². The Hall–Kier alpha value is -5.60. The molecule has 0 unspecified atom stereocenters. The van der Waals surface area contributed by atoms with Crippen molar-refractivity contribution in [2.45, 2.75) is 0 Å². The molecule has 0 radical (unpaired) electrons. The minimum absolute atomic E-state index is 1.20. The molecule has 43 heavy (non-hydrogen) atoms. The fourth-order valence-electron chi connectivity index (χ4n) is 6.53. The number of fused-ring (bicyclic) bond motifs is 7. The molecule has 0 aliphatic heterocycles. The molecule has 9 rings (SSSR count). The molecule has 0 spiro atoms. The van der Waals surface area contributed by atoms with Gasteiger partial charge in [0.05, 0.1) is 16.6 Å². The predicted octanol–water partition coefficient (Wildman–Crippen LogP) is 11.1. The second-order valence-corrected chi connectivity index (χ2v) is 11.0. The fraction of sp³-hybridized carbons (Fsp3) is 0.0244. The summed E-state index contributed by atoms with van der Waals surface area (Å²) in [6.07, 6.45) is 0. The number of hydrogen-bond donors (Lipinski definition) is 0. The number of rotatable bonds is 3. The highest BCUT2D eigenvalue weighted by Crippen LogP contribution is 2.40. The van der Waals surface area contributed by atoms with Crippen LogP contribution in [0.5, 0.6) is 0 Å². The van der Waals surface area contributed by atoms with Gasteiger partial charge in [-0.2, -0.15) is 0 Å². The smallest absolute Gasteiger partial charge is 0.0620 e. The average molecular weight is 551 g/mol. The molecule has 0 fully saturated rings. The van der Waals surface area contributed by atoms with E-state index >= 15 is 0 Å². The maximum Gasteiger partial charge on any atom is 0.0620 e. The molecule has 2 heterocycles. The first kappa shape index (κ1) is 25.1. The van der Waals surface area contributed by atoms with E-state index in [0.717, 1.165) is 0 Å². The van der Waals surface area contributed by atoms with Crippen LogP contribution in [-0.2, 0) is 0 Å². The largest absolute Gasteiger partial charge is 0.344 e. The first-order valence-electron chi connectivity index (χ1n) is 14.8. The van der Waals surface area contributed by atoms with E-state index in [0.29, 0.717) is 0 Å². The van der Waals surface area contributed by atoms with Gasteiger partial charge >= 0.3 is 0 Å². The van der Waals surface area contributed by atoms with Crippen LogP contribution in [-0.4, -0.2) is 11.4 Å². The Bertz CT molecular complexity index is 2350. The number of benzene rings is 7. The summed E-state index contributed by atoms with van der Waals surface area (Å²) in [6, 6.07) is 58.1. The van der Waals surface area contributed by atoms with Crippen LogP contribution in [0.4, 0.5) is 11.4 Å². The molecule has 0 saturated heterocycles. The zero-order chi connectivity index (χ0) is 28.8. The molecule has 2 aromatic heterocycles. The number of anilines is 2. The first-order valence-corrected chi connectivity index (χ1v) is 14.8. The molecular weight excluding hydrogens is 520 g/mol. The van der Waals surface area contributed by atoms with E-state index in [1.54, 1.807) is 0 Å². The highest BCUT2D eigenvalue weighted by molar-refractivity contribution is 6.23. The normalized spacial score (nSPS) is 11.4. The van der Waals surface area contributed by atoms with Gasteiger partial charge in [-0.05, 0) is 46.8 Å². The molecule has 0 atom stereocenters. The third-order valence-corrected chi connectivity index (χ3v) is 8.60. The molecule has 0 amide bonds. The maximum atomic E-state index is 2.43. The molecule has 7 aromatic carbocycles. The zero-order valence-corrected chi connectivity index (χ0v) is 24.0. The Kier molecular flexibility index (Phi) is 6.05. The predicted molar refractivity (Wildman–Crippen MR) is 185 cm³/mol. The Morgan fingerprint density at radius 2 is 1.00 bits per heavy atom. The van der Waals surface area contributed by atoms with Gasteiger partial charge in [-0.3, -0.25) is 0 Å². The minimum Gasteiger partial charge on any atom is -0.344 e. The van der Waals surface area contributed by atoms with E-state index in [9.17, 15) is 0 Å². The SMILES string of the molecule is CN(c1ccccc1)c1cccc2ccccc12.c1ccc(-c2ccc3c4cccc5c6ccccc6n(c3c2)c54)cc1. The molecule has 0 bridgehead atoms. The van der Waals surface area contributed by atoms with Gasteiger partial charge in [0, 0.05) is 45.4 Å². The third-order valence-electron chi connectivity index (χ3n) is 8.60. The lowest BCUT2D eigenvalue weighted by atomic mass is 10.0. The van der Waals surface area contributed by atoms with Crippen LogP contribution in [0.1, 0.15) is 0 Å². The van der Waals surface area contributed by atoms with E-state index in [2.05, 4.69) is 174 Å². The number of nitrogens with zero attached hydrogens (tertiary/aromatic N) is 2. The average Bonchev–Trinajstić information content (AvgIpc) is 3.61. The van der Waals surface area contributed by atoms with Gasteiger partial charge < -0.3 is 9.30 Å². The van der Waals surface area contributed by atoms with Crippen molar-refractivity contribution < 1.29 is 0 Å². The van der Waals surface area contributed by atoms with E-state index in [4.69, 9.17) is 0 Å². The molecular formula is C41H30N2. The molecule has 0 saturated carbocycles. The third kappa shape index (κ3) is 4.19. The monoisotopic (exact) mass is 550 g/mol. The van der Waals surface area contributed by atoms with Crippen molar-refractivity contribution in [2.75, 3.05) is 11.9 Å². The summed E-state index contributed by atoms with van der Waals surface area (Å²) < 4.78 is 2.43. The maximum absolute atomic E-state index is 2.43. The van der Waals surface area contributed by atoms with Crippen molar-refractivity contribution >= 4 is 60.2 Å². The summed E-state index contributed by atoms with van der Waals surface area (Å²) in [5.74, 6) is 0. The number of para-hydroxylation sites is 3. The van der Waals surface area contributed by atoms with Crippen LogP contribution in [0.3, 0.4) is 0 Å². The minimum atomic E-state index is 1.20. The van der Waals surface area contributed by atoms with Crippen molar-refractivity contribution in [1.29, 1.82) is 0 Å². The van der Waals surface area contributed by atoms with Crippen LogP contribution in [0, 0.1) is 0 Å². The quantitative estimate of drug-likeness (QED) is 0.212. The number of aromatic nitrogens is 1. The van der Waals surface area contributed by atoms with Crippen LogP contribution < -0.4 is 4.90 Å². The van der Waals surface area contributed by atoms with Gasteiger partial charge in [0.25, 0.3) is 0 Å². The van der Waals surface area contributed by atoms with E-state index in [-0.39, 0.29) is 0 Å². The summed E-state index contributed by atoms with van der Waals surface area (Å²) in [7, 11) is 2.11. The van der Waals surface area contributed by atoms with E-state index in [1.807, 2.05) is 6.07 Å². The Labute approximate surface area is 251 Å². The standard InChI is InChI=1S/C24H15N.C17H15N/c1-2-7-16(8-3-1)17-13-14-19-21-11-6-10-20-18-9-4-5-12-22(18)25(24(20)21)23(19)15-17;1-18(15-10-3-2-4-11-15)17-13-7-9-14-8-5-6-12-16(14)17/h1-15H;2-13H,1H3. The van der Waals surface area contributed by atoms with Gasteiger partial charge in [-0.25, -0.2) is 0 Å². The second-order valence-electron chi connectivity index (χ2n) is 11.0. The van der Waals surface area contributed by atoms with Crippen molar-refractivity contribution in [3.05, 3.63) is 164 Å². The second kappa shape index (κ2) is 10.3. The molecule has 0 aliphatic rings. The van der Waals surface area contributed by atoms with Gasteiger partial charge in [0.15, 0.2) is 0 Å². The van der Waals surface area contributed by atoms with Crippen molar-refractivity contribution in [3.8, 4) is 11.1 Å². The summed E-state index contributed by atoms with van der Waals surface area (Å²) >= 11 is 0. The Morgan fingerprint density at radius 3 is 1.79 bits per heavy atom. The Balaban J connectivity index is 0.000000137. The van der Waals surface area contributed by atoms with Crippen molar-refractivity contribution in [2.24, 2.45) is 0 Å². The van der Waals surface area contributed by atoms with Crippen LogP contribution >= 0.6 is 0 Å². The molecule has 0 N–H and O–H groups in total. The molecule has 2 heteroatoms. The molecule has 0 aliphatic carbocycles. The lowest BCUT2D eigenvalue weighted by Gasteiger charge is -2.21.